The molecule has 2 rings (SSSR count). The Labute approximate surface area is 124 Å². The molecule has 1 atom stereocenters. The van der Waals surface area contributed by atoms with Crippen LogP contribution in [-0.4, -0.2) is 55.5 Å². The topological polar surface area (TPSA) is 49.6 Å². The lowest BCUT2D eigenvalue weighted by Gasteiger charge is -2.36. The summed E-state index contributed by atoms with van der Waals surface area (Å²) in [6.07, 6.45) is 2.21. The highest BCUT2D eigenvalue weighted by atomic mass is 32.1. The minimum absolute atomic E-state index is 0.105. The number of carbonyl (C=O) groups excluding carboxylic acids is 1. The molecule has 4 nitrogen and oxygen atoms in total. The van der Waals surface area contributed by atoms with E-state index < -0.39 is 0 Å². The number of carbonyl (C=O) groups is 1. The number of nitrogens with zero attached hydrogens (tertiary/aromatic N) is 2. The summed E-state index contributed by atoms with van der Waals surface area (Å²) < 4.78 is 0. The van der Waals surface area contributed by atoms with Crippen molar-refractivity contribution in [1.82, 2.24) is 9.80 Å². The number of likely N-dealkylation sites (N-methyl/N-ethyl adjacent to an activating group) is 1. The molecule has 2 heterocycles. The molecule has 0 saturated carbocycles. The predicted molar refractivity (Wildman–Crippen MR) is 82.9 cm³/mol. The molecule has 0 bridgehead atoms. The molecule has 1 fully saturated rings. The molecule has 0 aromatic carbocycles. The summed E-state index contributed by atoms with van der Waals surface area (Å²) in [7, 11) is 4.14. The maximum absolute atomic E-state index is 12.6. The molecular weight excluding hydrogens is 270 g/mol. The van der Waals surface area contributed by atoms with Crippen LogP contribution in [0.2, 0.25) is 0 Å². The van der Waals surface area contributed by atoms with Crippen molar-refractivity contribution in [3.8, 4) is 11.8 Å². The first kappa shape index (κ1) is 15.0. The third-order valence-corrected chi connectivity index (χ3v) is 4.50. The quantitative estimate of drug-likeness (QED) is 0.834. The van der Waals surface area contributed by atoms with Gasteiger partial charge in [0.05, 0.1) is 6.54 Å². The van der Waals surface area contributed by atoms with E-state index in [4.69, 9.17) is 5.73 Å². The van der Waals surface area contributed by atoms with Gasteiger partial charge in [0.25, 0.3) is 5.91 Å². The van der Waals surface area contributed by atoms with Crippen LogP contribution < -0.4 is 5.73 Å². The van der Waals surface area contributed by atoms with Crippen LogP contribution in [0.5, 0.6) is 0 Å². The van der Waals surface area contributed by atoms with E-state index in [-0.39, 0.29) is 5.91 Å². The van der Waals surface area contributed by atoms with Gasteiger partial charge in [0.2, 0.25) is 0 Å². The summed E-state index contributed by atoms with van der Waals surface area (Å²) in [5.74, 6) is 5.91. The second kappa shape index (κ2) is 6.89. The Morgan fingerprint density at radius 1 is 1.60 bits per heavy atom. The molecule has 20 heavy (non-hydrogen) atoms. The fraction of sp³-hybridized carbons (Fsp3) is 0.533. The summed E-state index contributed by atoms with van der Waals surface area (Å²) in [5, 5.41) is 1.92. The Morgan fingerprint density at radius 2 is 2.40 bits per heavy atom. The standard InChI is InChI=1S/C15H21N3OS/c1-17(2)13-6-4-9-18(11-13)15(19)14-12(5-3-8-16)7-10-20-14/h7,10,13H,4,6,8-9,11,16H2,1-2H3. The monoisotopic (exact) mass is 291 g/mol. The number of hydrogen-bond acceptors (Lipinski definition) is 4. The summed E-state index contributed by atoms with van der Waals surface area (Å²) in [5.41, 5.74) is 6.20. The van der Waals surface area contributed by atoms with Gasteiger partial charge in [-0.15, -0.1) is 11.3 Å². The van der Waals surface area contributed by atoms with Gasteiger partial charge in [-0.3, -0.25) is 4.79 Å². The molecule has 1 saturated heterocycles. The Bertz CT molecular complexity index is 527. The summed E-state index contributed by atoms with van der Waals surface area (Å²) >= 11 is 1.46. The van der Waals surface area contributed by atoms with Crippen molar-refractivity contribution in [1.29, 1.82) is 0 Å². The fourth-order valence-electron chi connectivity index (χ4n) is 2.42. The highest BCUT2D eigenvalue weighted by Crippen LogP contribution is 2.21. The molecule has 1 aromatic heterocycles. The molecular formula is C15H21N3OS. The Balaban J connectivity index is 2.13. The maximum atomic E-state index is 12.6. The molecule has 1 aliphatic heterocycles. The fourth-order valence-corrected chi connectivity index (χ4v) is 3.24. The summed E-state index contributed by atoms with van der Waals surface area (Å²) in [6, 6.07) is 2.35. The minimum atomic E-state index is 0.105. The first-order chi connectivity index (χ1) is 9.63. The smallest absolute Gasteiger partial charge is 0.265 e. The predicted octanol–water partition coefficient (Wildman–Crippen LogP) is 1.22. The first-order valence-corrected chi connectivity index (χ1v) is 7.73. The summed E-state index contributed by atoms with van der Waals surface area (Å²) in [6.45, 7) is 1.95. The van der Waals surface area contributed by atoms with Crippen LogP contribution in [0.1, 0.15) is 28.1 Å². The zero-order chi connectivity index (χ0) is 14.5. The van der Waals surface area contributed by atoms with Crippen molar-refractivity contribution < 1.29 is 4.79 Å². The number of rotatable bonds is 2. The zero-order valence-corrected chi connectivity index (χ0v) is 12.9. The van der Waals surface area contributed by atoms with Crippen LogP contribution in [0.3, 0.4) is 0 Å². The molecule has 1 aliphatic rings. The minimum Gasteiger partial charge on any atom is -0.336 e. The van der Waals surface area contributed by atoms with Crippen molar-refractivity contribution in [3.63, 3.8) is 0 Å². The largest absolute Gasteiger partial charge is 0.336 e. The molecule has 1 aromatic rings. The molecule has 5 heteroatoms. The van der Waals surface area contributed by atoms with E-state index in [0.717, 1.165) is 36.4 Å². The van der Waals surface area contributed by atoms with E-state index in [0.29, 0.717) is 12.6 Å². The van der Waals surface area contributed by atoms with Crippen molar-refractivity contribution in [2.45, 2.75) is 18.9 Å². The Hall–Kier alpha value is -1.35. The van der Waals surface area contributed by atoms with E-state index in [9.17, 15) is 4.79 Å². The van der Waals surface area contributed by atoms with E-state index in [2.05, 4.69) is 30.8 Å². The van der Waals surface area contributed by atoms with Crippen molar-refractivity contribution in [3.05, 3.63) is 21.9 Å². The third-order valence-electron chi connectivity index (χ3n) is 3.60. The highest BCUT2D eigenvalue weighted by Gasteiger charge is 2.27. The van der Waals surface area contributed by atoms with Gasteiger partial charge in [-0.2, -0.15) is 0 Å². The molecule has 108 valence electrons. The van der Waals surface area contributed by atoms with Gasteiger partial charge in [-0.1, -0.05) is 11.8 Å². The molecule has 0 radical (unpaired) electrons. The molecule has 0 aliphatic carbocycles. The van der Waals surface area contributed by atoms with Crippen molar-refractivity contribution >= 4 is 17.2 Å². The van der Waals surface area contributed by atoms with Crippen molar-refractivity contribution in [2.75, 3.05) is 33.7 Å². The van der Waals surface area contributed by atoms with Gasteiger partial charge in [0.15, 0.2) is 0 Å². The van der Waals surface area contributed by atoms with Crippen LogP contribution in [0.25, 0.3) is 0 Å². The molecule has 1 amide bonds. The third kappa shape index (κ3) is 3.40. The molecule has 0 spiro atoms. The van der Waals surface area contributed by atoms with Gasteiger partial charge in [-0.25, -0.2) is 0 Å². The van der Waals surface area contributed by atoms with Gasteiger partial charge in [0.1, 0.15) is 4.88 Å². The number of amides is 1. The number of piperidine rings is 1. The van der Waals surface area contributed by atoms with Gasteiger partial charge < -0.3 is 15.5 Å². The Kier molecular flexibility index (Phi) is 5.18. The number of nitrogens with two attached hydrogens (primary N) is 1. The molecule has 1 unspecified atom stereocenters. The first-order valence-electron chi connectivity index (χ1n) is 6.85. The normalized spacial score (nSPS) is 18.8. The van der Waals surface area contributed by atoms with Crippen molar-refractivity contribution in [2.24, 2.45) is 5.73 Å². The van der Waals surface area contributed by atoms with Gasteiger partial charge >= 0.3 is 0 Å². The highest BCUT2D eigenvalue weighted by molar-refractivity contribution is 7.12. The number of hydrogen-bond donors (Lipinski definition) is 1. The lowest BCUT2D eigenvalue weighted by Crippen LogP contribution is -2.47. The second-order valence-electron chi connectivity index (χ2n) is 5.18. The van der Waals surface area contributed by atoms with Crippen LogP contribution in [0.4, 0.5) is 0 Å². The van der Waals surface area contributed by atoms with Gasteiger partial charge in [0, 0.05) is 24.7 Å². The lowest BCUT2D eigenvalue weighted by molar-refractivity contribution is 0.0639. The van der Waals surface area contributed by atoms with Crippen LogP contribution >= 0.6 is 11.3 Å². The van der Waals surface area contributed by atoms with E-state index in [1.54, 1.807) is 0 Å². The summed E-state index contributed by atoms with van der Waals surface area (Å²) in [4.78, 5) is 17.5. The van der Waals surface area contributed by atoms with Gasteiger partial charge in [-0.05, 0) is 38.4 Å². The van der Waals surface area contributed by atoms with Crippen LogP contribution in [0.15, 0.2) is 11.4 Å². The lowest BCUT2D eigenvalue weighted by atomic mass is 10.0. The zero-order valence-electron chi connectivity index (χ0n) is 12.1. The van der Waals surface area contributed by atoms with E-state index >= 15 is 0 Å². The number of likely N-dealkylation sites (tertiary alicyclic amines) is 1. The van der Waals surface area contributed by atoms with E-state index in [1.165, 1.54) is 11.3 Å². The second-order valence-corrected chi connectivity index (χ2v) is 6.10. The number of thiophene rings is 1. The average Bonchev–Trinajstić information content (AvgIpc) is 2.92. The average molecular weight is 291 g/mol. The SMILES string of the molecule is CN(C)C1CCCN(C(=O)c2sccc2C#CCN)C1. The van der Waals surface area contributed by atoms with E-state index in [1.807, 2.05) is 16.3 Å². The Morgan fingerprint density at radius 3 is 3.10 bits per heavy atom. The van der Waals surface area contributed by atoms with Crippen LogP contribution in [0, 0.1) is 11.8 Å². The molecule has 2 N–H and O–H groups in total. The van der Waals surface area contributed by atoms with Crippen LogP contribution in [-0.2, 0) is 0 Å². The maximum Gasteiger partial charge on any atom is 0.265 e.